The van der Waals surface area contributed by atoms with E-state index < -0.39 is 26.8 Å². The SMILES string of the molecule is CCCCCCCC/C=C\CCCCCCCC(=O)OS(=O)(=O)O.O=S(=O)(O)O.[NaH]. The van der Waals surface area contributed by atoms with Crippen LogP contribution in [0.25, 0.3) is 0 Å². The number of carbonyl (C=O) groups is 1. The van der Waals surface area contributed by atoms with Gasteiger partial charge in [-0.15, -0.1) is 0 Å². The number of carbonyl (C=O) groups excluding carboxylic acids is 1. The summed E-state index contributed by atoms with van der Waals surface area (Å²) in [5, 5.41) is 0. The number of hydrogen-bond donors (Lipinski definition) is 3. The number of unbranched alkanes of at least 4 members (excludes halogenated alkanes) is 11. The van der Waals surface area contributed by atoms with Crippen LogP contribution in [-0.4, -0.2) is 66.0 Å². The summed E-state index contributed by atoms with van der Waals surface area (Å²) >= 11 is 0. The first-order valence-corrected chi connectivity index (χ1v) is 12.8. The predicted octanol–water partition coefficient (Wildman–Crippen LogP) is 4.07. The average molecular weight is 485 g/mol. The molecule has 0 bridgehead atoms. The molecule has 0 aromatic heterocycles. The Kier molecular flexibility index (Phi) is 25.6. The van der Waals surface area contributed by atoms with Crippen molar-refractivity contribution in [3.05, 3.63) is 12.2 Å². The number of allylic oxidation sites excluding steroid dienone is 2. The third-order valence-corrected chi connectivity index (χ3v) is 4.24. The molecule has 0 amide bonds. The number of hydrogen-bond acceptors (Lipinski definition) is 6. The van der Waals surface area contributed by atoms with Gasteiger partial charge in [0.05, 0.1) is 0 Å². The van der Waals surface area contributed by atoms with Crippen molar-refractivity contribution in [3.63, 3.8) is 0 Å². The van der Waals surface area contributed by atoms with Gasteiger partial charge in [-0.25, -0.2) is 0 Å². The van der Waals surface area contributed by atoms with Crippen LogP contribution in [0.1, 0.15) is 96.8 Å². The molecule has 0 unspecified atom stereocenters. The van der Waals surface area contributed by atoms with E-state index >= 15 is 0 Å². The molecule has 0 aliphatic heterocycles. The second-order valence-corrected chi connectivity index (χ2v) is 8.58. The Balaban J connectivity index is -0.00000108. The van der Waals surface area contributed by atoms with Crippen LogP contribution in [0.3, 0.4) is 0 Å². The summed E-state index contributed by atoms with van der Waals surface area (Å²) in [5.41, 5.74) is 0. The quantitative estimate of drug-likeness (QED) is 0.127. The van der Waals surface area contributed by atoms with Gasteiger partial charge in [-0.1, -0.05) is 70.4 Å². The van der Waals surface area contributed by atoms with E-state index in [-0.39, 0.29) is 36.0 Å². The summed E-state index contributed by atoms with van der Waals surface area (Å²) in [5.74, 6) is -0.893. The van der Waals surface area contributed by atoms with Gasteiger partial charge in [-0.05, 0) is 32.1 Å². The Hall–Kier alpha value is -0.0100. The molecule has 0 heterocycles. The maximum absolute atomic E-state index is 11.0. The van der Waals surface area contributed by atoms with Gasteiger partial charge in [0.2, 0.25) is 0 Å². The van der Waals surface area contributed by atoms with Crippen molar-refractivity contribution < 1.29 is 39.5 Å². The Morgan fingerprint density at radius 2 is 1.10 bits per heavy atom. The maximum atomic E-state index is 11.0. The van der Waals surface area contributed by atoms with E-state index in [0.29, 0.717) is 6.42 Å². The molecule has 0 spiro atoms. The molecule has 0 aliphatic carbocycles. The summed E-state index contributed by atoms with van der Waals surface area (Å²) in [4.78, 5) is 11.0. The fourth-order valence-corrected chi connectivity index (χ4v) is 2.82. The molecule has 0 rings (SSSR count). The summed E-state index contributed by atoms with van der Waals surface area (Å²) in [6.07, 6.45) is 19.6. The van der Waals surface area contributed by atoms with Crippen molar-refractivity contribution in [2.24, 2.45) is 0 Å². The van der Waals surface area contributed by atoms with E-state index in [9.17, 15) is 13.2 Å². The van der Waals surface area contributed by atoms with Gasteiger partial charge in [0, 0.05) is 6.42 Å². The molecule has 0 aromatic carbocycles. The van der Waals surface area contributed by atoms with E-state index in [1.54, 1.807) is 0 Å². The summed E-state index contributed by atoms with van der Waals surface area (Å²) < 4.78 is 64.4. The summed E-state index contributed by atoms with van der Waals surface area (Å²) in [6, 6.07) is 0. The van der Waals surface area contributed by atoms with Gasteiger partial charge in [-0.3, -0.25) is 18.5 Å². The van der Waals surface area contributed by atoms with E-state index in [0.717, 1.165) is 32.1 Å². The zero-order valence-electron chi connectivity index (χ0n) is 17.2. The van der Waals surface area contributed by atoms with Crippen LogP contribution < -0.4 is 0 Å². The van der Waals surface area contributed by atoms with Crippen LogP contribution in [0, 0.1) is 0 Å². The van der Waals surface area contributed by atoms with Crippen LogP contribution in [-0.2, 0) is 29.8 Å². The Bertz CT molecular complexity index is 624. The van der Waals surface area contributed by atoms with E-state index in [1.165, 1.54) is 44.9 Å². The van der Waals surface area contributed by atoms with Crippen molar-refractivity contribution in [1.29, 1.82) is 0 Å². The van der Waals surface area contributed by atoms with Gasteiger partial charge in [0.15, 0.2) is 0 Å². The van der Waals surface area contributed by atoms with Crippen LogP contribution in [0.4, 0.5) is 0 Å². The second-order valence-electron chi connectivity index (χ2n) is 6.67. The van der Waals surface area contributed by atoms with Gasteiger partial charge < -0.3 is 4.18 Å². The molecule has 176 valence electrons. The molecule has 0 radical (unpaired) electrons. The van der Waals surface area contributed by atoms with E-state index in [2.05, 4.69) is 23.3 Å². The van der Waals surface area contributed by atoms with Crippen LogP contribution in [0.15, 0.2) is 12.2 Å². The first-order valence-electron chi connectivity index (χ1n) is 10.00. The fraction of sp³-hybridized carbons (Fsp3) is 0.833. The molecule has 9 nitrogen and oxygen atoms in total. The van der Waals surface area contributed by atoms with Crippen molar-refractivity contribution >= 4 is 56.3 Å². The Morgan fingerprint density at radius 1 is 0.733 bits per heavy atom. The van der Waals surface area contributed by atoms with Crippen molar-refractivity contribution in [3.8, 4) is 0 Å². The first-order chi connectivity index (χ1) is 13.5. The van der Waals surface area contributed by atoms with Crippen molar-refractivity contribution in [2.75, 3.05) is 0 Å². The van der Waals surface area contributed by atoms with E-state index in [4.69, 9.17) is 22.1 Å². The average Bonchev–Trinajstić information content (AvgIpc) is 2.55. The normalized spacial score (nSPS) is 11.5. The molecule has 0 atom stereocenters. The third-order valence-electron chi connectivity index (χ3n) is 3.84. The van der Waals surface area contributed by atoms with Gasteiger partial charge >= 0.3 is 56.3 Å². The van der Waals surface area contributed by atoms with Gasteiger partial charge in [0.25, 0.3) is 0 Å². The molecular weight excluding hydrogens is 447 g/mol. The van der Waals surface area contributed by atoms with Crippen molar-refractivity contribution in [1.82, 2.24) is 0 Å². The van der Waals surface area contributed by atoms with E-state index in [1.807, 2.05) is 0 Å². The minimum atomic E-state index is -4.67. The van der Waals surface area contributed by atoms with Gasteiger partial charge in [0.1, 0.15) is 0 Å². The number of rotatable bonds is 16. The third kappa shape index (κ3) is 42.2. The zero-order chi connectivity index (χ0) is 22.6. The molecule has 3 N–H and O–H groups in total. The molecule has 0 saturated carbocycles. The van der Waals surface area contributed by atoms with Crippen LogP contribution in [0.5, 0.6) is 0 Å². The zero-order valence-corrected chi connectivity index (χ0v) is 18.8. The van der Waals surface area contributed by atoms with Crippen LogP contribution in [0.2, 0.25) is 0 Å². The molecule has 12 heteroatoms. The topological polar surface area (TPSA) is 155 Å². The fourth-order valence-electron chi connectivity index (χ4n) is 2.50. The Labute approximate surface area is 203 Å². The van der Waals surface area contributed by atoms with Crippen molar-refractivity contribution in [2.45, 2.75) is 96.8 Å². The van der Waals surface area contributed by atoms with Crippen LogP contribution >= 0.6 is 0 Å². The monoisotopic (exact) mass is 484 g/mol. The molecule has 0 aromatic rings. The predicted molar refractivity (Wildman–Crippen MR) is 118 cm³/mol. The molecular formula is C18H37NaO9S2. The standard InChI is InChI=1S/C18H34O5S.Na.H2O4S.H/c1-2-3-4-5-6-7-8-9-10-11-12-13-14-15-16-17-18(19)23-24(20,21)22;;1-5(2,3)4;/h9-10H,2-8,11-17H2,1H3,(H,20,21,22);;(H2,1,2,3,4);/b10-9-;;;. The van der Waals surface area contributed by atoms with Gasteiger partial charge in [-0.2, -0.15) is 16.8 Å². The molecule has 0 fully saturated rings. The molecule has 0 saturated heterocycles. The Morgan fingerprint density at radius 3 is 1.50 bits per heavy atom. The second kappa shape index (κ2) is 22.2. The summed E-state index contributed by atoms with van der Waals surface area (Å²) in [6.45, 7) is 2.24. The minimum absolute atomic E-state index is 0. The molecule has 30 heavy (non-hydrogen) atoms. The summed E-state index contributed by atoms with van der Waals surface area (Å²) in [7, 11) is -9.32. The first kappa shape index (κ1) is 34.6. The molecule has 0 aliphatic rings.